The van der Waals surface area contributed by atoms with E-state index in [1.54, 1.807) is 0 Å². The van der Waals surface area contributed by atoms with Crippen LogP contribution in [0.5, 0.6) is 0 Å². The maximum Gasteiger partial charge on any atom is 0.238 e. The summed E-state index contributed by atoms with van der Waals surface area (Å²) >= 11 is 0. The van der Waals surface area contributed by atoms with Crippen molar-refractivity contribution in [3.8, 4) is 0 Å². The van der Waals surface area contributed by atoms with Gasteiger partial charge in [-0.15, -0.1) is 0 Å². The van der Waals surface area contributed by atoms with Crippen LogP contribution in [-0.4, -0.2) is 50.8 Å². The van der Waals surface area contributed by atoms with Gasteiger partial charge in [0, 0.05) is 32.8 Å². The fourth-order valence-electron chi connectivity index (χ4n) is 1.55. The van der Waals surface area contributed by atoms with Crippen LogP contribution < -0.4 is 16.0 Å². The molecule has 0 aromatic heterocycles. The summed E-state index contributed by atoms with van der Waals surface area (Å²) < 4.78 is 5.33. The van der Waals surface area contributed by atoms with E-state index in [4.69, 9.17) is 4.74 Å². The van der Waals surface area contributed by atoms with E-state index < -0.39 is 0 Å². The molecule has 1 amide bonds. The van der Waals surface area contributed by atoms with Gasteiger partial charge in [-0.25, -0.2) is 0 Å². The van der Waals surface area contributed by atoms with Gasteiger partial charge in [0.05, 0.1) is 12.1 Å². The number of nitrogens with one attached hydrogen (secondary N) is 3. The quantitative estimate of drug-likeness (QED) is 0.555. The molecule has 1 heterocycles. The number of hydrogen-bond acceptors (Lipinski definition) is 4. The Morgan fingerprint density at radius 2 is 2.40 bits per heavy atom. The predicted octanol–water partition coefficient (Wildman–Crippen LogP) is -0.911. The van der Waals surface area contributed by atoms with Crippen molar-refractivity contribution < 1.29 is 9.53 Å². The summed E-state index contributed by atoms with van der Waals surface area (Å²) in [5.41, 5.74) is 0. The average Bonchev–Trinajstić information content (AvgIpc) is 2.27. The summed E-state index contributed by atoms with van der Waals surface area (Å²) in [4.78, 5) is 11.6. The number of piperazine rings is 1. The largest absolute Gasteiger partial charge is 0.377 e. The molecule has 2 atom stereocenters. The number of carbonyl (C=O) groups excluding carboxylic acids is 1. The van der Waals surface area contributed by atoms with Gasteiger partial charge < -0.3 is 20.7 Å². The van der Waals surface area contributed by atoms with Crippen LogP contribution in [0.1, 0.15) is 13.8 Å². The fraction of sp³-hybridized carbons (Fsp3) is 0.900. The number of carbonyl (C=O) groups is 1. The first-order valence-corrected chi connectivity index (χ1v) is 5.57. The maximum absolute atomic E-state index is 11.6. The van der Waals surface area contributed by atoms with Crippen molar-refractivity contribution in [2.45, 2.75) is 26.0 Å². The average molecular weight is 215 g/mol. The zero-order valence-electron chi connectivity index (χ0n) is 9.51. The lowest BCUT2D eigenvalue weighted by Gasteiger charge is -2.24. The molecule has 15 heavy (non-hydrogen) atoms. The molecule has 3 N–H and O–H groups in total. The number of ether oxygens (including phenoxy) is 1. The summed E-state index contributed by atoms with van der Waals surface area (Å²) in [6.45, 7) is 7.64. The highest BCUT2D eigenvalue weighted by molar-refractivity contribution is 5.82. The lowest BCUT2D eigenvalue weighted by atomic mass is 10.2. The van der Waals surface area contributed by atoms with E-state index >= 15 is 0 Å². The third-order valence-electron chi connectivity index (χ3n) is 2.37. The molecule has 1 saturated heterocycles. The first kappa shape index (κ1) is 12.4. The van der Waals surface area contributed by atoms with Crippen molar-refractivity contribution >= 4 is 5.91 Å². The molecule has 1 aliphatic rings. The molecule has 0 radical (unpaired) electrons. The maximum atomic E-state index is 11.6. The van der Waals surface area contributed by atoms with E-state index in [-0.39, 0.29) is 18.1 Å². The Morgan fingerprint density at radius 1 is 1.60 bits per heavy atom. The lowest BCUT2D eigenvalue weighted by molar-refractivity contribution is -0.123. The van der Waals surface area contributed by atoms with Crippen LogP contribution in [0.25, 0.3) is 0 Å². The van der Waals surface area contributed by atoms with Gasteiger partial charge in [-0.3, -0.25) is 4.79 Å². The Morgan fingerprint density at radius 3 is 3.00 bits per heavy atom. The summed E-state index contributed by atoms with van der Waals surface area (Å²) in [5.74, 6) is 0.0498. The molecule has 0 aromatic carbocycles. The minimum absolute atomic E-state index is 0.0498. The lowest BCUT2D eigenvalue weighted by Crippen LogP contribution is -2.56. The van der Waals surface area contributed by atoms with E-state index in [2.05, 4.69) is 16.0 Å². The molecule has 0 aliphatic carbocycles. The van der Waals surface area contributed by atoms with Gasteiger partial charge in [0.2, 0.25) is 5.91 Å². The Balaban J connectivity index is 2.16. The zero-order valence-corrected chi connectivity index (χ0v) is 9.51. The van der Waals surface area contributed by atoms with Gasteiger partial charge in [0.25, 0.3) is 0 Å². The molecule has 1 aliphatic heterocycles. The Bertz CT molecular complexity index is 193. The van der Waals surface area contributed by atoms with Gasteiger partial charge >= 0.3 is 0 Å². The molecular weight excluding hydrogens is 194 g/mol. The van der Waals surface area contributed by atoms with Crippen LogP contribution in [0.2, 0.25) is 0 Å². The molecule has 88 valence electrons. The van der Waals surface area contributed by atoms with Gasteiger partial charge in [0.15, 0.2) is 0 Å². The van der Waals surface area contributed by atoms with Crippen LogP contribution in [0.4, 0.5) is 0 Å². The molecule has 0 bridgehead atoms. The SMILES string of the molecule is CCOC(C)CNC(=O)C1CNCCN1. The smallest absolute Gasteiger partial charge is 0.238 e. The molecule has 0 spiro atoms. The summed E-state index contributed by atoms with van der Waals surface area (Å²) in [5, 5.41) is 9.20. The second-order valence-corrected chi connectivity index (χ2v) is 3.72. The third-order valence-corrected chi connectivity index (χ3v) is 2.37. The first-order valence-electron chi connectivity index (χ1n) is 5.57. The molecule has 5 heteroatoms. The second-order valence-electron chi connectivity index (χ2n) is 3.72. The third kappa shape index (κ3) is 4.59. The Hall–Kier alpha value is -0.650. The van der Waals surface area contributed by atoms with Crippen molar-refractivity contribution in [2.75, 3.05) is 32.8 Å². The van der Waals surface area contributed by atoms with Crippen LogP contribution in [0.3, 0.4) is 0 Å². The normalized spacial score (nSPS) is 23.5. The number of amides is 1. The summed E-state index contributed by atoms with van der Waals surface area (Å²) in [6, 6.07) is -0.104. The van der Waals surface area contributed by atoms with E-state index in [9.17, 15) is 4.79 Å². The Kier molecular flexibility index (Phi) is 5.60. The molecule has 5 nitrogen and oxygen atoms in total. The minimum atomic E-state index is -0.104. The highest BCUT2D eigenvalue weighted by Crippen LogP contribution is 1.90. The van der Waals surface area contributed by atoms with Crippen LogP contribution in [-0.2, 0) is 9.53 Å². The van der Waals surface area contributed by atoms with E-state index in [0.29, 0.717) is 19.7 Å². The monoisotopic (exact) mass is 215 g/mol. The topological polar surface area (TPSA) is 62.4 Å². The van der Waals surface area contributed by atoms with Crippen molar-refractivity contribution in [1.29, 1.82) is 0 Å². The highest BCUT2D eigenvalue weighted by atomic mass is 16.5. The van der Waals surface area contributed by atoms with Crippen LogP contribution >= 0.6 is 0 Å². The fourth-order valence-corrected chi connectivity index (χ4v) is 1.55. The van der Waals surface area contributed by atoms with Gasteiger partial charge in [0.1, 0.15) is 0 Å². The predicted molar refractivity (Wildman–Crippen MR) is 58.8 cm³/mol. The summed E-state index contributed by atoms with van der Waals surface area (Å²) in [7, 11) is 0. The number of hydrogen-bond donors (Lipinski definition) is 3. The molecule has 0 aromatic rings. The van der Waals surface area contributed by atoms with Crippen molar-refractivity contribution in [2.24, 2.45) is 0 Å². The molecule has 1 fully saturated rings. The van der Waals surface area contributed by atoms with Crippen LogP contribution in [0.15, 0.2) is 0 Å². The summed E-state index contributed by atoms with van der Waals surface area (Å²) in [6.07, 6.45) is 0.0792. The molecule has 0 saturated carbocycles. The highest BCUT2D eigenvalue weighted by Gasteiger charge is 2.20. The molecule has 2 unspecified atom stereocenters. The van der Waals surface area contributed by atoms with Crippen LogP contribution in [0, 0.1) is 0 Å². The van der Waals surface area contributed by atoms with E-state index in [1.165, 1.54) is 0 Å². The first-order chi connectivity index (χ1) is 7.24. The van der Waals surface area contributed by atoms with Gasteiger partial charge in [-0.2, -0.15) is 0 Å². The second kappa shape index (κ2) is 6.76. The van der Waals surface area contributed by atoms with E-state index in [1.807, 2.05) is 13.8 Å². The van der Waals surface area contributed by atoms with Crippen molar-refractivity contribution in [3.63, 3.8) is 0 Å². The minimum Gasteiger partial charge on any atom is -0.377 e. The zero-order chi connectivity index (χ0) is 11.1. The Labute approximate surface area is 90.9 Å². The molecule has 1 rings (SSSR count). The van der Waals surface area contributed by atoms with Crippen molar-refractivity contribution in [1.82, 2.24) is 16.0 Å². The standard InChI is InChI=1S/C10H21N3O2/c1-3-15-8(2)6-13-10(14)9-7-11-4-5-12-9/h8-9,11-12H,3-7H2,1-2H3,(H,13,14). The van der Waals surface area contributed by atoms with E-state index in [0.717, 1.165) is 13.1 Å². The van der Waals surface area contributed by atoms with Gasteiger partial charge in [-0.1, -0.05) is 0 Å². The van der Waals surface area contributed by atoms with Gasteiger partial charge in [-0.05, 0) is 13.8 Å². The molecular formula is C10H21N3O2. The van der Waals surface area contributed by atoms with Crippen molar-refractivity contribution in [3.05, 3.63) is 0 Å². The number of rotatable bonds is 5.